The number of hydrogen-bond acceptors (Lipinski definition) is 5. The molecule has 0 amide bonds. The van der Waals surface area contributed by atoms with Gasteiger partial charge in [-0.2, -0.15) is 0 Å². The van der Waals surface area contributed by atoms with E-state index in [1.165, 1.54) is 0 Å². The molecule has 6 heteroatoms. The quantitative estimate of drug-likeness (QED) is 0.749. The highest BCUT2D eigenvalue weighted by Crippen LogP contribution is 2.27. The zero-order valence-corrected chi connectivity index (χ0v) is 15.7. The number of thioether (sulfide) groups is 1. The van der Waals surface area contributed by atoms with Crippen molar-refractivity contribution in [3.8, 4) is 0 Å². The summed E-state index contributed by atoms with van der Waals surface area (Å²) in [6, 6.07) is 13.0. The van der Waals surface area contributed by atoms with Gasteiger partial charge in [0.15, 0.2) is 0 Å². The molecule has 5 nitrogen and oxygen atoms in total. The number of likely N-dealkylation sites (tertiary alicyclic amines) is 1. The minimum absolute atomic E-state index is 0.154. The van der Waals surface area contributed by atoms with Gasteiger partial charge in [-0.15, -0.1) is 11.8 Å². The summed E-state index contributed by atoms with van der Waals surface area (Å²) in [6.07, 6.45) is 5.60. The van der Waals surface area contributed by atoms with E-state index >= 15 is 0 Å². The lowest BCUT2D eigenvalue weighted by molar-refractivity contribution is -0.145. The standard InChI is InChI=1S/C20H24N2O3S/c1-26-18-7-5-15(6-8-18)19(20(23)24)22-12-9-17(10-13-22)25-14-16-4-2-3-11-21-16/h2-8,11,17,19H,9-10,12-14H2,1H3,(H,23,24). The van der Waals surface area contributed by atoms with Crippen LogP contribution in [0.5, 0.6) is 0 Å². The van der Waals surface area contributed by atoms with Crippen molar-refractivity contribution >= 4 is 17.7 Å². The first-order valence-electron chi connectivity index (χ1n) is 8.79. The molecule has 0 radical (unpaired) electrons. The van der Waals surface area contributed by atoms with Crippen LogP contribution in [0.4, 0.5) is 0 Å². The van der Waals surface area contributed by atoms with Gasteiger partial charge in [-0.25, -0.2) is 0 Å². The van der Waals surface area contributed by atoms with Gasteiger partial charge in [0.2, 0.25) is 0 Å². The fourth-order valence-electron chi connectivity index (χ4n) is 3.28. The van der Waals surface area contributed by atoms with Crippen molar-refractivity contribution in [1.82, 2.24) is 9.88 Å². The lowest BCUT2D eigenvalue weighted by Crippen LogP contribution is -2.42. The number of nitrogens with zero attached hydrogens (tertiary/aromatic N) is 2. The molecule has 1 atom stereocenters. The zero-order valence-electron chi connectivity index (χ0n) is 14.9. The van der Waals surface area contributed by atoms with Gasteiger partial charge in [-0.1, -0.05) is 18.2 Å². The van der Waals surface area contributed by atoms with Crippen LogP contribution in [0.2, 0.25) is 0 Å². The third-order valence-electron chi connectivity index (χ3n) is 4.70. The second-order valence-corrected chi connectivity index (χ2v) is 7.26. The maximum absolute atomic E-state index is 11.9. The van der Waals surface area contributed by atoms with Gasteiger partial charge in [0.1, 0.15) is 6.04 Å². The van der Waals surface area contributed by atoms with E-state index in [0.717, 1.165) is 29.0 Å². The first-order chi connectivity index (χ1) is 12.7. The van der Waals surface area contributed by atoms with Gasteiger partial charge in [-0.05, 0) is 48.9 Å². The van der Waals surface area contributed by atoms with Crippen LogP contribution in [0.15, 0.2) is 53.6 Å². The molecule has 1 aliphatic rings. The number of hydrogen-bond donors (Lipinski definition) is 1. The number of rotatable bonds is 7. The van der Waals surface area contributed by atoms with Gasteiger partial charge in [0, 0.05) is 24.2 Å². The topological polar surface area (TPSA) is 62.7 Å². The summed E-state index contributed by atoms with van der Waals surface area (Å²) in [5.41, 5.74) is 1.76. The molecule has 2 heterocycles. The second kappa shape index (κ2) is 9.16. The lowest BCUT2D eigenvalue weighted by Gasteiger charge is -2.35. The lowest BCUT2D eigenvalue weighted by atomic mass is 10.0. The Bertz CT molecular complexity index is 701. The molecule has 3 rings (SSSR count). The highest BCUT2D eigenvalue weighted by molar-refractivity contribution is 7.98. The Labute approximate surface area is 158 Å². The van der Waals surface area contributed by atoms with Crippen LogP contribution in [0.25, 0.3) is 0 Å². The number of carboxylic acid groups (broad SMARTS) is 1. The molecule has 1 aromatic carbocycles. The number of ether oxygens (including phenoxy) is 1. The summed E-state index contributed by atoms with van der Waals surface area (Å²) in [5, 5.41) is 9.74. The number of aromatic nitrogens is 1. The Hall–Kier alpha value is -1.89. The van der Waals surface area contributed by atoms with Crippen molar-refractivity contribution in [2.24, 2.45) is 0 Å². The van der Waals surface area contributed by atoms with Crippen LogP contribution in [-0.4, -0.2) is 46.4 Å². The van der Waals surface area contributed by atoms with Gasteiger partial charge < -0.3 is 9.84 Å². The minimum atomic E-state index is -0.797. The highest BCUT2D eigenvalue weighted by atomic mass is 32.2. The van der Waals surface area contributed by atoms with E-state index in [1.54, 1.807) is 18.0 Å². The van der Waals surface area contributed by atoms with Gasteiger partial charge >= 0.3 is 5.97 Å². The van der Waals surface area contributed by atoms with Crippen LogP contribution < -0.4 is 0 Å². The van der Waals surface area contributed by atoms with Crippen LogP contribution in [0, 0.1) is 0 Å². The predicted molar refractivity (Wildman–Crippen MR) is 102 cm³/mol. The second-order valence-electron chi connectivity index (χ2n) is 6.38. The molecule has 1 saturated heterocycles. The maximum Gasteiger partial charge on any atom is 0.325 e. The fraction of sp³-hybridized carbons (Fsp3) is 0.400. The summed E-state index contributed by atoms with van der Waals surface area (Å²) >= 11 is 1.65. The Balaban J connectivity index is 1.56. The summed E-state index contributed by atoms with van der Waals surface area (Å²) in [5.74, 6) is -0.797. The molecule has 26 heavy (non-hydrogen) atoms. The van der Waals surface area contributed by atoms with Gasteiger partial charge in [0.25, 0.3) is 0 Å². The Kier molecular flexibility index (Phi) is 6.66. The van der Waals surface area contributed by atoms with Crippen molar-refractivity contribution in [1.29, 1.82) is 0 Å². The first-order valence-corrected chi connectivity index (χ1v) is 10.0. The Morgan fingerprint density at radius 2 is 2.00 bits per heavy atom. The molecular formula is C20H24N2O3S. The molecular weight excluding hydrogens is 348 g/mol. The van der Waals surface area contributed by atoms with E-state index in [1.807, 2.05) is 53.6 Å². The SMILES string of the molecule is CSc1ccc(C(C(=O)O)N2CCC(OCc3ccccn3)CC2)cc1. The molecule has 1 unspecified atom stereocenters. The summed E-state index contributed by atoms with van der Waals surface area (Å²) in [4.78, 5) is 19.3. The van der Waals surface area contributed by atoms with Gasteiger partial charge in [0.05, 0.1) is 18.4 Å². The fourth-order valence-corrected chi connectivity index (χ4v) is 3.69. The van der Waals surface area contributed by atoms with Crippen LogP contribution >= 0.6 is 11.8 Å². The highest BCUT2D eigenvalue weighted by Gasteiger charge is 2.31. The predicted octanol–water partition coefficient (Wildman–Crippen LogP) is 3.61. The summed E-state index contributed by atoms with van der Waals surface area (Å²) in [6.45, 7) is 1.94. The Morgan fingerprint density at radius 3 is 2.58 bits per heavy atom. The van der Waals surface area contributed by atoms with Crippen molar-refractivity contribution in [2.45, 2.75) is 36.5 Å². The van der Waals surface area contributed by atoms with E-state index in [-0.39, 0.29) is 6.10 Å². The molecule has 1 fully saturated rings. The zero-order chi connectivity index (χ0) is 18.4. The molecule has 1 aliphatic heterocycles. The Morgan fingerprint density at radius 1 is 1.27 bits per heavy atom. The average molecular weight is 372 g/mol. The monoisotopic (exact) mass is 372 g/mol. The van der Waals surface area contributed by atoms with Crippen LogP contribution in [0.3, 0.4) is 0 Å². The van der Waals surface area contributed by atoms with Crippen molar-refractivity contribution in [3.63, 3.8) is 0 Å². The average Bonchev–Trinajstić information content (AvgIpc) is 2.68. The van der Waals surface area contributed by atoms with Crippen LogP contribution in [-0.2, 0) is 16.1 Å². The van der Waals surface area contributed by atoms with E-state index in [0.29, 0.717) is 19.7 Å². The number of aliphatic carboxylic acids is 1. The number of benzene rings is 1. The summed E-state index contributed by atoms with van der Waals surface area (Å²) in [7, 11) is 0. The third kappa shape index (κ3) is 4.84. The number of piperidine rings is 1. The molecule has 0 aliphatic carbocycles. The molecule has 2 aromatic rings. The maximum atomic E-state index is 11.9. The van der Waals surface area contributed by atoms with Crippen LogP contribution in [0.1, 0.15) is 30.1 Å². The smallest absolute Gasteiger partial charge is 0.325 e. The summed E-state index contributed by atoms with van der Waals surface area (Å²) < 4.78 is 5.95. The number of carbonyl (C=O) groups is 1. The van der Waals surface area contributed by atoms with Gasteiger partial charge in [-0.3, -0.25) is 14.7 Å². The molecule has 0 bridgehead atoms. The molecule has 0 spiro atoms. The molecule has 0 saturated carbocycles. The van der Waals surface area contributed by atoms with Crippen molar-refractivity contribution < 1.29 is 14.6 Å². The number of carboxylic acids is 1. The molecule has 1 aromatic heterocycles. The van der Waals surface area contributed by atoms with E-state index in [9.17, 15) is 9.90 Å². The van der Waals surface area contributed by atoms with E-state index in [4.69, 9.17) is 4.74 Å². The number of pyridine rings is 1. The largest absolute Gasteiger partial charge is 0.480 e. The van der Waals surface area contributed by atoms with Crippen molar-refractivity contribution in [2.75, 3.05) is 19.3 Å². The van der Waals surface area contributed by atoms with Crippen molar-refractivity contribution in [3.05, 3.63) is 59.9 Å². The van der Waals surface area contributed by atoms with E-state index < -0.39 is 12.0 Å². The minimum Gasteiger partial charge on any atom is -0.480 e. The normalized spacial score (nSPS) is 17.1. The molecule has 1 N–H and O–H groups in total. The third-order valence-corrected chi connectivity index (χ3v) is 5.44. The first kappa shape index (κ1) is 18.9. The van der Waals surface area contributed by atoms with E-state index in [2.05, 4.69) is 4.98 Å². The molecule has 138 valence electrons.